The lowest BCUT2D eigenvalue weighted by Gasteiger charge is -2.34. The molecule has 1 fully saturated rings. The highest BCUT2D eigenvalue weighted by molar-refractivity contribution is 5.45. The lowest BCUT2D eigenvalue weighted by molar-refractivity contribution is -0.137. The fourth-order valence-corrected chi connectivity index (χ4v) is 2.68. The van der Waals surface area contributed by atoms with Crippen LogP contribution in [-0.2, 0) is 10.9 Å². The SMILES string of the molecule is CN(C)c1nccnc1C1CN(c2ccc(C(F)(F)F)cn2)CCO1. The summed E-state index contributed by atoms with van der Waals surface area (Å²) in [5.41, 5.74) is -0.0611. The fourth-order valence-electron chi connectivity index (χ4n) is 2.68. The summed E-state index contributed by atoms with van der Waals surface area (Å²) in [6.45, 7) is 1.42. The van der Waals surface area contributed by atoms with Crippen molar-refractivity contribution in [2.75, 3.05) is 43.6 Å². The molecule has 0 amide bonds. The first-order valence-electron chi connectivity index (χ1n) is 7.74. The van der Waals surface area contributed by atoms with E-state index in [1.54, 1.807) is 12.4 Å². The van der Waals surface area contributed by atoms with Crippen LogP contribution in [0.4, 0.5) is 24.8 Å². The Hall–Kier alpha value is -2.42. The van der Waals surface area contributed by atoms with E-state index in [4.69, 9.17) is 4.74 Å². The van der Waals surface area contributed by atoms with Gasteiger partial charge in [0.05, 0.1) is 18.7 Å². The Morgan fingerprint density at radius 2 is 1.92 bits per heavy atom. The number of nitrogens with zero attached hydrogens (tertiary/aromatic N) is 5. The molecule has 2 aromatic rings. The van der Waals surface area contributed by atoms with Gasteiger partial charge in [-0.15, -0.1) is 0 Å². The number of ether oxygens (including phenoxy) is 1. The molecule has 1 aliphatic heterocycles. The monoisotopic (exact) mass is 353 g/mol. The predicted octanol–water partition coefficient (Wildman–Crippen LogP) is 2.53. The number of morpholine rings is 1. The van der Waals surface area contributed by atoms with Crippen molar-refractivity contribution in [3.8, 4) is 0 Å². The zero-order valence-electron chi connectivity index (χ0n) is 13.9. The number of alkyl halides is 3. The number of aromatic nitrogens is 3. The van der Waals surface area contributed by atoms with Gasteiger partial charge in [0.25, 0.3) is 0 Å². The van der Waals surface area contributed by atoms with E-state index in [-0.39, 0.29) is 6.10 Å². The average Bonchev–Trinajstić information content (AvgIpc) is 2.61. The largest absolute Gasteiger partial charge is 0.417 e. The molecule has 0 aromatic carbocycles. The second-order valence-corrected chi connectivity index (χ2v) is 5.87. The van der Waals surface area contributed by atoms with Gasteiger partial charge in [0.1, 0.15) is 17.6 Å². The molecule has 3 heterocycles. The molecule has 0 N–H and O–H groups in total. The number of hydrogen-bond donors (Lipinski definition) is 0. The molecule has 0 radical (unpaired) electrons. The molecule has 1 atom stereocenters. The Morgan fingerprint density at radius 1 is 1.16 bits per heavy atom. The molecule has 2 aromatic heterocycles. The van der Waals surface area contributed by atoms with Crippen molar-refractivity contribution < 1.29 is 17.9 Å². The zero-order valence-corrected chi connectivity index (χ0v) is 13.9. The van der Waals surface area contributed by atoms with Gasteiger partial charge in [-0.25, -0.2) is 9.97 Å². The van der Waals surface area contributed by atoms with Crippen LogP contribution in [0, 0.1) is 0 Å². The maximum Gasteiger partial charge on any atom is 0.417 e. The smallest absolute Gasteiger partial charge is 0.368 e. The number of pyridine rings is 1. The molecule has 1 saturated heterocycles. The van der Waals surface area contributed by atoms with Gasteiger partial charge in [0.15, 0.2) is 5.82 Å². The first-order valence-corrected chi connectivity index (χ1v) is 7.74. The Kier molecular flexibility index (Phi) is 4.76. The van der Waals surface area contributed by atoms with Crippen molar-refractivity contribution in [1.82, 2.24) is 15.0 Å². The molecule has 25 heavy (non-hydrogen) atoms. The lowest BCUT2D eigenvalue weighted by Crippen LogP contribution is -2.39. The summed E-state index contributed by atoms with van der Waals surface area (Å²) >= 11 is 0. The molecule has 0 spiro atoms. The molecule has 1 unspecified atom stereocenters. The van der Waals surface area contributed by atoms with Crippen LogP contribution < -0.4 is 9.80 Å². The predicted molar refractivity (Wildman–Crippen MR) is 86.5 cm³/mol. The lowest BCUT2D eigenvalue weighted by atomic mass is 10.2. The minimum Gasteiger partial charge on any atom is -0.368 e. The van der Waals surface area contributed by atoms with Crippen LogP contribution in [0.15, 0.2) is 30.7 Å². The molecule has 134 valence electrons. The third-order valence-electron chi connectivity index (χ3n) is 3.90. The normalized spacial score (nSPS) is 18.3. The van der Waals surface area contributed by atoms with Crippen molar-refractivity contribution in [2.45, 2.75) is 12.3 Å². The van der Waals surface area contributed by atoms with Crippen LogP contribution in [0.5, 0.6) is 0 Å². The maximum atomic E-state index is 12.7. The highest BCUT2D eigenvalue weighted by Crippen LogP contribution is 2.31. The topological polar surface area (TPSA) is 54.4 Å². The van der Waals surface area contributed by atoms with E-state index in [9.17, 15) is 13.2 Å². The first kappa shape index (κ1) is 17.4. The van der Waals surface area contributed by atoms with Crippen LogP contribution in [-0.4, -0.2) is 48.7 Å². The Balaban J connectivity index is 1.80. The minimum atomic E-state index is -4.39. The summed E-state index contributed by atoms with van der Waals surface area (Å²) in [6.07, 6.45) is -0.659. The van der Waals surface area contributed by atoms with Gasteiger partial charge in [-0.2, -0.15) is 13.2 Å². The highest BCUT2D eigenvalue weighted by atomic mass is 19.4. The highest BCUT2D eigenvalue weighted by Gasteiger charge is 2.32. The summed E-state index contributed by atoms with van der Waals surface area (Å²) in [5, 5.41) is 0. The van der Waals surface area contributed by atoms with Gasteiger partial charge in [0.2, 0.25) is 0 Å². The Labute approximate surface area is 143 Å². The van der Waals surface area contributed by atoms with Crippen LogP contribution in [0.1, 0.15) is 17.4 Å². The van der Waals surface area contributed by atoms with Gasteiger partial charge in [-0.1, -0.05) is 0 Å². The van der Waals surface area contributed by atoms with E-state index in [1.807, 2.05) is 23.9 Å². The fraction of sp³-hybridized carbons (Fsp3) is 0.438. The third-order valence-corrected chi connectivity index (χ3v) is 3.90. The van der Waals surface area contributed by atoms with E-state index in [2.05, 4.69) is 15.0 Å². The second-order valence-electron chi connectivity index (χ2n) is 5.87. The second kappa shape index (κ2) is 6.83. The van der Waals surface area contributed by atoms with Crippen molar-refractivity contribution in [1.29, 1.82) is 0 Å². The molecule has 6 nitrogen and oxygen atoms in total. The molecule has 0 bridgehead atoms. The van der Waals surface area contributed by atoms with Gasteiger partial charge in [-0.05, 0) is 12.1 Å². The van der Waals surface area contributed by atoms with Gasteiger partial charge < -0.3 is 14.5 Å². The average molecular weight is 353 g/mol. The number of hydrogen-bond acceptors (Lipinski definition) is 6. The Morgan fingerprint density at radius 3 is 2.56 bits per heavy atom. The summed E-state index contributed by atoms with van der Waals surface area (Å²) in [4.78, 5) is 16.4. The summed E-state index contributed by atoms with van der Waals surface area (Å²) in [6, 6.07) is 2.43. The van der Waals surface area contributed by atoms with E-state index in [1.165, 1.54) is 6.07 Å². The quantitative estimate of drug-likeness (QED) is 0.845. The molecule has 9 heteroatoms. The molecular formula is C16H18F3N5O. The van der Waals surface area contributed by atoms with Crippen molar-refractivity contribution in [2.24, 2.45) is 0 Å². The molecule has 0 aliphatic carbocycles. The maximum absolute atomic E-state index is 12.7. The molecule has 1 aliphatic rings. The molecular weight excluding hydrogens is 335 g/mol. The third kappa shape index (κ3) is 3.81. The number of halogens is 3. The van der Waals surface area contributed by atoms with E-state index in [0.29, 0.717) is 37.0 Å². The van der Waals surface area contributed by atoms with E-state index in [0.717, 1.165) is 12.3 Å². The van der Waals surface area contributed by atoms with Gasteiger partial charge in [0, 0.05) is 39.2 Å². The minimum absolute atomic E-state index is 0.330. The van der Waals surface area contributed by atoms with Crippen molar-refractivity contribution in [3.05, 3.63) is 42.0 Å². The summed E-state index contributed by atoms with van der Waals surface area (Å²) < 4.78 is 43.8. The summed E-state index contributed by atoms with van der Waals surface area (Å²) in [7, 11) is 3.73. The van der Waals surface area contributed by atoms with Crippen molar-refractivity contribution >= 4 is 11.6 Å². The van der Waals surface area contributed by atoms with Crippen LogP contribution in [0.3, 0.4) is 0 Å². The molecule has 0 saturated carbocycles. The van der Waals surface area contributed by atoms with E-state index < -0.39 is 11.7 Å². The van der Waals surface area contributed by atoms with E-state index >= 15 is 0 Å². The Bertz CT molecular complexity index is 720. The number of anilines is 2. The van der Waals surface area contributed by atoms with Gasteiger partial charge in [-0.3, -0.25) is 4.98 Å². The zero-order chi connectivity index (χ0) is 18.0. The van der Waals surface area contributed by atoms with Crippen LogP contribution in [0.25, 0.3) is 0 Å². The first-order chi connectivity index (χ1) is 11.9. The van der Waals surface area contributed by atoms with Crippen molar-refractivity contribution in [3.63, 3.8) is 0 Å². The number of rotatable bonds is 3. The van der Waals surface area contributed by atoms with Gasteiger partial charge >= 0.3 is 6.18 Å². The van der Waals surface area contributed by atoms with Crippen LogP contribution in [0.2, 0.25) is 0 Å². The summed E-state index contributed by atoms with van der Waals surface area (Å²) in [5.74, 6) is 1.19. The standard InChI is InChI=1S/C16H18F3N5O/c1-23(2)15-14(20-5-6-21-15)12-10-24(7-8-25-12)13-4-3-11(9-22-13)16(17,18)19/h3-6,9,12H,7-8,10H2,1-2H3. The molecule has 3 rings (SSSR count). The van der Waals surface area contributed by atoms with Crippen LogP contribution >= 0.6 is 0 Å².